The van der Waals surface area contributed by atoms with Gasteiger partial charge in [0.15, 0.2) is 0 Å². The van der Waals surface area contributed by atoms with E-state index in [9.17, 15) is 9.59 Å². The summed E-state index contributed by atoms with van der Waals surface area (Å²) in [6.07, 6.45) is 5.73. The Morgan fingerprint density at radius 1 is 1.12 bits per heavy atom. The number of fused-ring (bicyclic) bond motifs is 1. The summed E-state index contributed by atoms with van der Waals surface area (Å²) in [5.41, 5.74) is 0. The van der Waals surface area contributed by atoms with Crippen molar-refractivity contribution in [2.45, 2.75) is 70.9 Å². The summed E-state index contributed by atoms with van der Waals surface area (Å²) in [6.45, 7) is 6.94. The highest BCUT2D eigenvalue weighted by Crippen LogP contribution is 2.30. The second-order valence-corrected chi connectivity index (χ2v) is 8.24. The van der Waals surface area contributed by atoms with Crippen LogP contribution < -0.4 is 0 Å². The van der Waals surface area contributed by atoms with Gasteiger partial charge < -0.3 is 14.4 Å². The van der Waals surface area contributed by atoms with Gasteiger partial charge in [0.1, 0.15) is 11.6 Å². The lowest BCUT2D eigenvalue weighted by atomic mass is 10.1. The molecule has 1 atom stereocenters. The number of carbonyl (C=O) groups excluding carboxylic acids is 2. The van der Waals surface area contributed by atoms with Gasteiger partial charge >= 0.3 is 0 Å². The fraction of sp³-hybridized carbons (Fsp3) is 0.789. The molecule has 7 nitrogen and oxygen atoms in total. The lowest BCUT2D eigenvalue weighted by molar-refractivity contribution is -0.135. The maximum absolute atomic E-state index is 13.1. The average Bonchev–Trinajstić information content (AvgIpc) is 3.32. The SMILES string of the molecule is CC(C)c1nnc2n1CCN(C(=O)C1CC(=O)N(C3CCCC3)C1)CC2. The van der Waals surface area contributed by atoms with Gasteiger partial charge in [-0.25, -0.2) is 0 Å². The van der Waals surface area contributed by atoms with E-state index in [-0.39, 0.29) is 17.7 Å². The molecule has 1 saturated heterocycles. The zero-order valence-electron chi connectivity index (χ0n) is 15.9. The number of aromatic nitrogens is 3. The molecule has 3 heterocycles. The van der Waals surface area contributed by atoms with Gasteiger partial charge in [0, 0.05) is 51.0 Å². The van der Waals surface area contributed by atoms with Crippen molar-refractivity contribution in [2.24, 2.45) is 5.92 Å². The Morgan fingerprint density at radius 3 is 2.62 bits per heavy atom. The van der Waals surface area contributed by atoms with Gasteiger partial charge in [0.2, 0.25) is 11.8 Å². The van der Waals surface area contributed by atoms with Gasteiger partial charge in [-0.05, 0) is 12.8 Å². The van der Waals surface area contributed by atoms with Gasteiger partial charge in [0.25, 0.3) is 0 Å². The van der Waals surface area contributed by atoms with E-state index < -0.39 is 0 Å². The van der Waals surface area contributed by atoms with Gasteiger partial charge in [0.05, 0.1) is 5.92 Å². The standard InChI is InChI=1S/C19H29N5O2/c1-13(2)18-21-20-16-7-8-22(9-10-23(16)18)19(26)14-11-17(25)24(12-14)15-5-3-4-6-15/h13-15H,3-12H2,1-2H3. The van der Waals surface area contributed by atoms with Crippen LogP contribution in [0, 0.1) is 5.92 Å². The molecule has 1 unspecified atom stereocenters. The molecule has 0 bridgehead atoms. The normalized spacial score (nSPS) is 24.4. The average molecular weight is 359 g/mol. The number of likely N-dealkylation sites (tertiary alicyclic amines) is 1. The molecule has 3 aliphatic rings. The van der Waals surface area contributed by atoms with Gasteiger partial charge in [-0.1, -0.05) is 26.7 Å². The van der Waals surface area contributed by atoms with Crippen LogP contribution in [-0.4, -0.2) is 62.1 Å². The van der Waals surface area contributed by atoms with Gasteiger partial charge in [-0.3, -0.25) is 9.59 Å². The number of carbonyl (C=O) groups is 2. The number of hydrogen-bond donors (Lipinski definition) is 0. The van der Waals surface area contributed by atoms with Crippen LogP contribution in [0.15, 0.2) is 0 Å². The van der Waals surface area contributed by atoms with Crippen LogP contribution in [0.3, 0.4) is 0 Å². The van der Waals surface area contributed by atoms with Crippen LogP contribution in [-0.2, 0) is 22.6 Å². The van der Waals surface area contributed by atoms with Crippen LogP contribution in [0.1, 0.15) is 63.5 Å². The molecule has 2 fully saturated rings. The molecule has 1 aliphatic carbocycles. The van der Waals surface area contributed by atoms with Crippen LogP contribution in [0.25, 0.3) is 0 Å². The maximum Gasteiger partial charge on any atom is 0.228 e. The molecular formula is C19H29N5O2. The number of rotatable bonds is 3. The monoisotopic (exact) mass is 359 g/mol. The Balaban J connectivity index is 1.41. The first kappa shape index (κ1) is 17.5. The van der Waals surface area contributed by atoms with Crippen molar-refractivity contribution in [3.63, 3.8) is 0 Å². The first-order valence-electron chi connectivity index (χ1n) is 10.0. The smallest absolute Gasteiger partial charge is 0.228 e. The number of nitrogens with zero attached hydrogens (tertiary/aromatic N) is 5. The maximum atomic E-state index is 13.1. The fourth-order valence-electron chi connectivity index (χ4n) is 4.72. The molecule has 1 saturated carbocycles. The van der Waals surface area contributed by atoms with Crippen LogP contribution in [0.2, 0.25) is 0 Å². The van der Waals surface area contributed by atoms with E-state index in [1.165, 1.54) is 12.8 Å². The first-order valence-corrected chi connectivity index (χ1v) is 10.0. The van der Waals surface area contributed by atoms with Crippen LogP contribution in [0.5, 0.6) is 0 Å². The largest absolute Gasteiger partial charge is 0.340 e. The van der Waals surface area contributed by atoms with E-state index in [4.69, 9.17) is 0 Å². The Kier molecular flexibility index (Phi) is 4.71. The molecule has 142 valence electrons. The van der Waals surface area contributed by atoms with Crippen molar-refractivity contribution in [3.05, 3.63) is 11.6 Å². The van der Waals surface area contributed by atoms with Gasteiger partial charge in [-0.15, -0.1) is 10.2 Å². The van der Waals surface area contributed by atoms with Crippen LogP contribution in [0.4, 0.5) is 0 Å². The van der Waals surface area contributed by atoms with Crippen LogP contribution >= 0.6 is 0 Å². The quantitative estimate of drug-likeness (QED) is 0.821. The van der Waals surface area contributed by atoms with Crippen molar-refractivity contribution in [3.8, 4) is 0 Å². The van der Waals surface area contributed by atoms with Gasteiger partial charge in [-0.2, -0.15) is 0 Å². The highest BCUT2D eigenvalue weighted by molar-refractivity contribution is 5.89. The van der Waals surface area contributed by atoms with E-state index in [1.807, 2.05) is 9.80 Å². The summed E-state index contributed by atoms with van der Waals surface area (Å²) in [7, 11) is 0. The predicted molar refractivity (Wildman–Crippen MR) is 96.5 cm³/mol. The van der Waals surface area contributed by atoms with E-state index in [1.54, 1.807) is 0 Å². The second-order valence-electron chi connectivity index (χ2n) is 8.24. The van der Waals surface area contributed by atoms with Crippen molar-refractivity contribution in [1.82, 2.24) is 24.6 Å². The fourth-order valence-corrected chi connectivity index (χ4v) is 4.72. The molecule has 4 rings (SSSR count). The van der Waals surface area contributed by atoms with E-state index >= 15 is 0 Å². The summed E-state index contributed by atoms with van der Waals surface area (Å²) >= 11 is 0. The summed E-state index contributed by atoms with van der Waals surface area (Å²) < 4.78 is 2.17. The molecule has 7 heteroatoms. The molecule has 2 aliphatic heterocycles. The minimum atomic E-state index is -0.170. The minimum Gasteiger partial charge on any atom is -0.340 e. The Morgan fingerprint density at radius 2 is 1.88 bits per heavy atom. The topological polar surface area (TPSA) is 71.3 Å². The number of amides is 2. The Hall–Kier alpha value is -1.92. The zero-order valence-corrected chi connectivity index (χ0v) is 15.9. The summed E-state index contributed by atoms with van der Waals surface area (Å²) in [4.78, 5) is 29.4. The lowest BCUT2D eigenvalue weighted by Crippen LogP contribution is -2.40. The third kappa shape index (κ3) is 3.12. The van der Waals surface area contributed by atoms with Crippen molar-refractivity contribution in [2.75, 3.05) is 19.6 Å². The lowest BCUT2D eigenvalue weighted by Gasteiger charge is -2.26. The van der Waals surface area contributed by atoms with Crippen molar-refractivity contribution < 1.29 is 9.59 Å². The van der Waals surface area contributed by atoms with Crippen molar-refractivity contribution in [1.29, 1.82) is 0 Å². The Bertz CT molecular complexity index is 692. The summed E-state index contributed by atoms with van der Waals surface area (Å²) in [5, 5.41) is 8.63. The Labute approximate surface area is 154 Å². The third-order valence-corrected chi connectivity index (χ3v) is 6.16. The van der Waals surface area contributed by atoms with E-state index in [0.717, 1.165) is 37.5 Å². The summed E-state index contributed by atoms with van der Waals surface area (Å²) in [5.74, 6) is 2.44. The third-order valence-electron chi connectivity index (χ3n) is 6.16. The molecule has 1 aromatic heterocycles. The molecule has 1 aromatic rings. The first-order chi connectivity index (χ1) is 12.5. The molecule has 0 spiro atoms. The molecule has 26 heavy (non-hydrogen) atoms. The molecule has 2 amide bonds. The van der Waals surface area contributed by atoms with E-state index in [2.05, 4.69) is 28.6 Å². The highest BCUT2D eigenvalue weighted by atomic mass is 16.2. The molecule has 0 N–H and O–H groups in total. The second kappa shape index (κ2) is 7.00. The number of hydrogen-bond acceptors (Lipinski definition) is 4. The van der Waals surface area contributed by atoms with E-state index in [0.29, 0.717) is 38.0 Å². The highest BCUT2D eigenvalue weighted by Gasteiger charge is 2.40. The summed E-state index contributed by atoms with van der Waals surface area (Å²) in [6, 6.07) is 0.370. The molecule has 0 radical (unpaired) electrons. The molecule has 0 aromatic carbocycles. The zero-order chi connectivity index (χ0) is 18.3. The molecular weight excluding hydrogens is 330 g/mol. The predicted octanol–water partition coefficient (Wildman–Crippen LogP) is 1.58. The van der Waals surface area contributed by atoms with Crippen molar-refractivity contribution >= 4 is 11.8 Å². The minimum absolute atomic E-state index is 0.142.